The number of fused-ring (bicyclic) bond motifs is 2. The number of carboxylic acid groups (broad SMARTS) is 3. The number of hydrogen-bond donors (Lipinski definition) is 2. The molecule has 0 bridgehead atoms. The number of hydrogen-bond acceptors (Lipinski definition) is 25. The predicted octanol–water partition coefficient (Wildman–Crippen LogP) is -5.27. The van der Waals surface area contributed by atoms with Crippen LogP contribution in [0.1, 0.15) is 20.7 Å². The second-order valence-electron chi connectivity index (χ2n) is 16.2. The van der Waals surface area contributed by atoms with Crippen molar-refractivity contribution < 1.29 is 146 Å². The van der Waals surface area contributed by atoms with Crippen LogP contribution in [0.3, 0.4) is 0 Å². The molecule has 0 aliphatic carbocycles. The number of esters is 2. The molecule has 76 heavy (non-hydrogen) atoms. The fraction of sp³-hybridized carbons (Fsp3) is 0.604. The summed E-state index contributed by atoms with van der Waals surface area (Å²) in [5.41, 5.74) is 0.276. The fourth-order valence-electron chi connectivity index (χ4n) is 6.82. The van der Waals surface area contributed by atoms with Crippen molar-refractivity contribution in [3.63, 3.8) is 0 Å². The van der Waals surface area contributed by atoms with Gasteiger partial charge in [0.25, 0.3) is 0 Å². The molecule has 27 nitrogen and oxygen atoms in total. The van der Waals surface area contributed by atoms with E-state index in [1.54, 1.807) is 12.1 Å². The van der Waals surface area contributed by atoms with E-state index in [0.717, 1.165) is 0 Å². The molecule has 0 atom stereocenters. The number of aliphatic carboxylic acids is 3. The zero-order valence-electron chi connectivity index (χ0n) is 42.1. The van der Waals surface area contributed by atoms with Gasteiger partial charge in [-0.25, -0.2) is 9.59 Å². The molecule has 423 valence electrons. The van der Waals surface area contributed by atoms with Crippen molar-refractivity contribution in [1.82, 2.24) is 25.3 Å². The Bertz CT molecular complexity index is 1950. The molecule has 0 unspecified atom stereocenters. The van der Waals surface area contributed by atoms with Crippen LogP contribution < -0.4 is 44.9 Å². The van der Waals surface area contributed by atoms with Crippen LogP contribution in [-0.2, 0) is 61.9 Å². The molecule has 2 aromatic rings. The van der Waals surface area contributed by atoms with Crippen molar-refractivity contribution in [3.05, 3.63) is 47.5 Å². The van der Waals surface area contributed by atoms with E-state index in [1.165, 1.54) is 39.0 Å². The van der Waals surface area contributed by atoms with E-state index < -0.39 is 74.4 Å². The van der Waals surface area contributed by atoms with Crippen LogP contribution in [0.2, 0.25) is 0 Å². The van der Waals surface area contributed by atoms with E-state index in [2.05, 4.69) is 10.6 Å². The minimum absolute atomic E-state index is 0. The Labute approximate surface area is 471 Å². The molecule has 2 aromatic carbocycles. The Morgan fingerprint density at radius 1 is 0.408 bits per heavy atom. The summed E-state index contributed by atoms with van der Waals surface area (Å²) < 4.78 is 66.5. The third-order valence-corrected chi connectivity index (χ3v) is 10.4. The van der Waals surface area contributed by atoms with Gasteiger partial charge in [0, 0.05) is 45.8 Å². The van der Waals surface area contributed by atoms with E-state index in [1.807, 2.05) is 0 Å². The molecule has 28 heteroatoms. The summed E-state index contributed by atoms with van der Waals surface area (Å²) in [5, 5.41) is 39.9. The molecule has 0 saturated heterocycles. The molecule has 4 rings (SSSR count). The summed E-state index contributed by atoms with van der Waals surface area (Å²) in [6.45, 7) is 0.492. The van der Waals surface area contributed by atoms with Crippen LogP contribution >= 0.6 is 0 Å². The van der Waals surface area contributed by atoms with Crippen molar-refractivity contribution in [2.75, 3.05) is 191 Å². The summed E-state index contributed by atoms with van der Waals surface area (Å²) in [6, 6.07) is 8.96. The first kappa shape index (κ1) is 65.2. The first-order chi connectivity index (χ1) is 36.4. The van der Waals surface area contributed by atoms with Crippen LogP contribution in [0.25, 0.3) is 0 Å². The van der Waals surface area contributed by atoms with E-state index in [-0.39, 0.29) is 155 Å². The van der Waals surface area contributed by atoms with E-state index >= 15 is 0 Å². The van der Waals surface area contributed by atoms with Gasteiger partial charge in [-0.1, -0.05) is 0 Å². The van der Waals surface area contributed by atoms with Gasteiger partial charge in [0.2, 0.25) is 11.8 Å². The Balaban J connectivity index is 0.0000152. The first-order valence-electron chi connectivity index (χ1n) is 24.3. The fourth-order valence-corrected chi connectivity index (χ4v) is 6.82. The van der Waals surface area contributed by atoms with Gasteiger partial charge in [-0.3, -0.25) is 24.3 Å². The van der Waals surface area contributed by atoms with Crippen LogP contribution in [0, 0.1) is 39.9 Å². The monoisotopic (exact) mass is 1220 g/mol. The maximum absolute atomic E-state index is 12.9. The molecular formula is C48H66GdN5O22. The van der Waals surface area contributed by atoms with Crippen LogP contribution in [0.5, 0.6) is 23.0 Å². The number of benzene rings is 2. The van der Waals surface area contributed by atoms with Gasteiger partial charge in [0.1, 0.15) is 39.6 Å². The van der Waals surface area contributed by atoms with E-state index in [0.29, 0.717) is 77.6 Å². The number of carboxylic acids is 3. The molecular weight excluding hydrogens is 1160 g/mol. The average Bonchev–Trinajstić information content (AvgIpc) is 3.38. The minimum Gasteiger partial charge on any atom is -0.549 e. The van der Waals surface area contributed by atoms with Gasteiger partial charge >= 0.3 is 51.9 Å². The maximum atomic E-state index is 12.9. The van der Waals surface area contributed by atoms with Gasteiger partial charge in [0.05, 0.1) is 134 Å². The zero-order valence-corrected chi connectivity index (χ0v) is 44.4. The van der Waals surface area contributed by atoms with Gasteiger partial charge < -0.3 is 97.2 Å². The van der Waals surface area contributed by atoms with E-state index in [9.17, 15) is 48.9 Å². The Morgan fingerprint density at radius 2 is 0.697 bits per heavy atom. The molecule has 1 radical (unpaired) electrons. The third-order valence-electron chi connectivity index (χ3n) is 10.4. The molecule has 0 fully saturated rings. The maximum Gasteiger partial charge on any atom is 3.00 e. The van der Waals surface area contributed by atoms with Crippen LogP contribution in [-0.4, -0.2) is 247 Å². The topological polar surface area (TPSA) is 333 Å². The van der Waals surface area contributed by atoms with Crippen molar-refractivity contribution in [1.29, 1.82) is 0 Å². The molecule has 2 aliphatic heterocycles. The number of nitrogens with zero attached hydrogens (tertiary/aromatic N) is 3. The second-order valence-corrected chi connectivity index (χ2v) is 16.2. The number of carbonyl (C=O) groups excluding carboxylic acids is 7. The zero-order chi connectivity index (χ0) is 53.9. The Kier molecular flexibility index (Phi) is 33.7. The van der Waals surface area contributed by atoms with Gasteiger partial charge in [0.15, 0.2) is 23.0 Å². The summed E-state index contributed by atoms with van der Waals surface area (Å²) in [4.78, 5) is 90.1. The Morgan fingerprint density at radius 3 is 1.03 bits per heavy atom. The van der Waals surface area contributed by atoms with Crippen molar-refractivity contribution in [3.8, 4) is 23.0 Å². The van der Waals surface area contributed by atoms with Gasteiger partial charge in [-0.05, 0) is 36.4 Å². The van der Waals surface area contributed by atoms with E-state index in [4.69, 9.17) is 56.8 Å². The number of amides is 2. The van der Waals surface area contributed by atoms with Crippen LogP contribution in [0.15, 0.2) is 36.4 Å². The van der Waals surface area contributed by atoms with Crippen molar-refractivity contribution >= 4 is 41.7 Å². The number of nitrogens with one attached hydrogen (secondary N) is 2. The van der Waals surface area contributed by atoms with Gasteiger partial charge in [-0.15, -0.1) is 0 Å². The smallest absolute Gasteiger partial charge is 0.549 e. The molecule has 2 N–H and O–H groups in total. The number of carbonyl (C=O) groups is 7. The Hall–Kier alpha value is -5.11. The molecule has 0 saturated carbocycles. The molecule has 2 aliphatic rings. The summed E-state index contributed by atoms with van der Waals surface area (Å²) in [7, 11) is 0. The predicted molar refractivity (Wildman–Crippen MR) is 251 cm³/mol. The summed E-state index contributed by atoms with van der Waals surface area (Å²) in [6.07, 6.45) is 0. The molecule has 0 spiro atoms. The molecule has 2 heterocycles. The van der Waals surface area contributed by atoms with Crippen molar-refractivity contribution in [2.24, 2.45) is 0 Å². The number of ether oxygens (including phenoxy) is 12. The molecule has 0 aromatic heterocycles. The largest absolute Gasteiger partial charge is 3.00 e. The normalized spacial score (nSPS) is 15.3. The van der Waals surface area contributed by atoms with Crippen molar-refractivity contribution in [2.45, 2.75) is 0 Å². The number of rotatable bonds is 24. The quantitative estimate of drug-likeness (QED) is 0.0733. The second kappa shape index (κ2) is 39.3. The third kappa shape index (κ3) is 28.9. The van der Waals surface area contributed by atoms with Gasteiger partial charge in [-0.2, -0.15) is 0 Å². The SMILES string of the molecule is O=C([O-])CN(CCN(CC(=O)[O-])CC(=O)NCCOC(=O)c1ccc2c(c1)OCCOCCOCCOCCO2)CCN(CC(=O)[O-])CC(=O)NCCOC(=O)c1ccc2c(c1)OCCOCCOCCOCCO2.[Gd+3]. The average molecular weight is 1220 g/mol. The summed E-state index contributed by atoms with van der Waals surface area (Å²) in [5.74, 6) is -6.03. The summed E-state index contributed by atoms with van der Waals surface area (Å²) >= 11 is 0. The van der Waals surface area contributed by atoms with Crippen LogP contribution in [0.4, 0.5) is 0 Å². The molecule has 2 amide bonds. The first-order valence-corrected chi connectivity index (χ1v) is 24.3. The standard InChI is InChI=1S/C48H69N5O22.Gd/c54-42(49-5-11-74-47(62)36-1-3-38-40(29-36)72-27-23-68-19-15-64-13-17-66-21-25-70-38)31-52(34-45(58)59)9-7-51(33-44(56)57)8-10-53(35-46(60)61)32-43(55)50-6-12-75-48(63)37-2-4-39-41(30-37)73-28-24-69-20-16-65-14-18-67-22-26-71-39;/h1-4,29-30H,5-28,31-35H2,(H,49,54)(H,50,55)(H,56,57)(H,58,59)(H,60,61);/q;+3/p-3. The minimum atomic E-state index is -1.53.